The lowest BCUT2D eigenvalue weighted by molar-refractivity contribution is -0.132. The molecule has 1 saturated heterocycles. The van der Waals surface area contributed by atoms with Crippen molar-refractivity contribution in [1.29, 1.82) is 0 Å². The maximum Gasteiger partial charge on any atom is 0.325 e. The summed E-state index contributed by atoms with van der Waals surface area (Å²) in [7, 11) is 0. The Hall–Kier alpha value is -1.59. The first-order valence-electron chi connectivity index (χ1n) is 7.10. The predicted molar refractivity (Wildman–Crippen MR) is 77.9 cm³/mol. The second-order valence-corrected chi connectivity index (χ2v) is 6.08. The summed E-state index contributed by atoms with van der Waals surface area (Å²) < 4.78 is 0. The van der Waals surface area contributed by atoms with Crippen LogP contribution in [0.25, 0.3) is 0 Å². The Labute approximate surface area is 127 Å². The summed E-state index contributed by atoms with van der Waals surface area (Å²) in [6, 6.07) is 6.46. The van der Waals surface area contributed by atoms with Crippen molar-refractivity contribution in [2.45, 2.75) is 37.3 Å². The minimum absolute atomic E-state index is 0.0733. The van der Waals surface area contributed by atoms with Crippen LogP contribution in [0.15, 0.2) is 24.3 Å². The van der Waals surface area contributed by atoms with Crippen molar-refractivity contribution in [3.05, 3.63) is 34.9 Å². The standard InChI is InChI=1S/C15H17ClN2O3/c16-11-6-2-1-5-10(11)12(19)9-18-13(20)15(17-14(18)21)7-3-4-8-15/h1-2,5-6,12,19H,3-4,7-9H2,(H,17,21)/t12-/m0/s1. The minimum atomic E-state index is -0.982. The van der Waals surface area contributed by atoms with Crippen molar-refractivity contribution >= 4 is 23.5 Å². The van der Waals surface area contributed by atoms with E-state index in [4.69, 9.17) is 11.6 Å². The third-order valence-electron chi connectivity index (χ3n) is 4.32. The normalized spacial score (nSPS) is 21.9. The number of rotatable bonds is 3. The van der Waals surface area contributed by atoms with Crippen LogP contribution >= 0.6 is 11.6 Å². The van der Waals surface area contributed by atoms with Gasteiger partial charge < -0.3 is 10.4 Å². The molecule has 2 fully saturated rings. The van der Waals surface area contributed by atoms with Crippen LogP contribution in [-0.4, -0.2) is 34.0 Å². The molecule has 0 aromatic heterocycles. The first-order valence-corrected chi connectivity index (χ1v) is 7.48. The van der Waals surface area contributed by atoms with Crippen LogP contribution in [0, 0.1) is 0 Å². The fraction of sp³-hybridized carbons (Fsp3) is 0.467. The SMILES string of the molecule is O=C1NC2(CCCC2)C(=O)N1C[C@H](O)c1ccccc1Cl. The number of β-amino-alcohol motifs (C(OH)–C–C–N with tert-alkyl or cyclic N) is 1. The molecule has 6 heteroatoms. The maximum atomic E-state index is 12.5. The molecule has 1 atom stereocenters. The second kappa shape index (κ2) is 5.31. The first-order chi connectivity index (χ1) is 10.0. The summed E-state index contributed by atoms with van der Waals surface area (Å²) in [6.45, 7) is -0.0733. The molecule has 1 aromatic rings. The molecule has 1 aliphatic carbocycles. The van der Waals surface area contributed by atoms with E-state index in [-0.39, 0.29) is 12.5 Å². The summed E-state index contributed by atoms with van der Waals surface area (Å²) in [5.74, 6) is -0.226. The van der Waals surface area contributed by atoms with Crippen molar-refractivity contribution in [2.75, 3.05) is 6.54 Å². The van der Waals surface area contributed by atoms with Crippen molar-refractivity contribution in [1.82, 2.24) is 10.2 Å². The molecule has 0 bridgehead atoms. The molecular formula is C15H17ClN2O3. The molecule has 3 rings (SSSR count). The number of imide groups is 1. The lowest BCUT2D eigenvalue weighted by Gasteiger charge is -2.22. The number of amides is 3. The number of nitrogens with zero attached hydrogens (tertiary/aromatic N) is 1. The van der Waals surface area contributed by atoms with E-state index in [1.807, 2.05) is 0 Å². The van der Waals surface area contributed by atoms with Gasteiger partial charge in [-0.15, -0.1) is 0 Å². The average molecular weight is 309 g/mol. The molecule has 1 aromatic carbocycles. The summed E-state index contributed by atoms with van der Waals surface area (Å²) in [5, 5.41) is 13.5. The summed E-state index contributed by atoms with van der Waals surface area (Å²) in [6.07, 6.45) is 2.25. The number of benzene rings is 1. The number of carbonyl (C=O) groups excluding carboxylic acids is 2. The van der Waals surface area contributed by atoms with E-state index in [1.54, 1.807) is 24.3 Å². The fourth-order valence-corrected chi connectivity index (χ4v) is 3.44. The largest absolute Gasteiger partial charge is 0.386 e. The van der Waals surface area contributed by atoms with Gasteiger partial charge in [-0.3, -0.25) is 9.69 Å². The highest BCUT2D eigenvalue weighted by atomic mass is 35.5. The summed E-state index contributed by atoms with van der Waals surface area (Å²) >= 11 is 6.03. The van der Waals surface area contributed by atoms with Gasteiger partial charge in [0, 0.05) is 10.6 Å². The average Bonchev–Trinajstić information content (AvgIpc) is 3.01. The Balaban J connectivity index is 1.77. The number of hydrogen-bond donors (Lipinski definition) is 2. The van der Waals surface area contributed by atoms with E-state index in [9.17, 15) is 14.7 Å². The third kappa shape index (κ3) is 2.40. The number of urea groups is 1. The van der Waals surface area contributed by atoms with Gasteiger partial charge in [-0.25, -0.2) is 4.79 Å². The highest BCUT2D eigenvalue weighted by molar-refractivity contribution is 6.31. The highest BCUT2D eigenvalue weighted by Gasteiger charge is 2.52. The molecule has 0 radical (unpaired) electrons. The molecule has 1 spiro atoms. The fourth-order valence-electron chi connectivity index (χ4n) is 3.18. The van der Waals surface area contributed by atoms with Gasteiger partial charge in [-0.2, -0.15) is 0 Å². The molecule has 112 valence electrons. The number of aliphatic hydroxyl groups excluding tert-OH is 1. The number of nitrogens with one attached hydrogen (secondary N) is 1. The van der Waals surface area contributed by atoms with E-state index in [1.165, 1.54) is 0 Å². The Morgan fingerprint density at radius 2 is 1.95 bits per heavy atom. The Kier molecular flexibility index (Phi) is 3.63. The molecular weight excluding hydrogens is 292 g/mol. The molecule has 2 N–H and O–H groups in total. The van der Waals surface area contributed by atoms with Gasteiger partial charge in [0.05, 0.1) is 12.6 Å². The first kappa shape index (κ1) is 14.4. The lowest BCUT2D eigenvalue weighted by Crippen LogP contribution is -2.44. The topological polar surface area (TPSA) is 69.6 Å². The molecule has 1 saturated carbocycles. The number of halogens is 1. The monoisotopic (exact) mass is 308 g/mol. The smallest absolute Gasteiger partial charge is 0.325 e. The van der Waals surface area contributed by atoms with Gasteiger partial charge in [-0.05, 0) is 18.9 Å². The van der Waals surface area contributed by atoms with Crippen molar-refractivity contribution in [3.63, 3.8) is 0 Å². The molecule has 1 aliphatic heterocycles. The predicted octanol–water partition coefficient (Wildman–Crippen LogP) is 2.24. The van der Waals surface area contributed by atoms with Gasteiger partial charge in [-0.1, -0.05) is 42.6 Å². The Bertz CT molecular complexity index is 584. The zero-order valence-corrected chi connectivity index (χ0v) is 12.3. The molecule has 21 heavy (non-hydrogen) atoms. The third-order valence-corrected chi connectivity index (χ3v) is 4.67. The quantitative estimate of drug-likeness (QED) is 0.841. The molecule has 0 unspecified atom stereocenters. The minimum Gasteiger partial charge on any atom is -0.386 e. The van der Waals surface area contributed by atoms with Crippen LogP contribution in [-0.2, 0) is 4.79 Å². The van der Waals surface area contributed by atoms with E-state index in [0.717, 1.165) is 17.7 Å². The van der Waals surface area contributed by atoms with Crippen LogP contribution in [0.3, 0.4) is 0 Å². The zero-order valence-electron chi connectivity index (χ0n) is 11.5. The van der Waals surface area contributed by atoms with Gasteiger partial charge in [0.25, 0.3) is 5.91 Å². The van der Waals surface area contributed by atoms with Gasteiger partial charge in [0.1, 0.15) is 5.54 Å². The van der Waals surface area contributed by atoms with Crippen LogP contribution < -0.4 is 5.32 Å². The Morgan fingerprint density at radius 1 is 1.29 bits per heavy atom. The van der Waals surface area contributed by atoms with Gasteiger partial charge in [0.2, 0.25) is 0 Å². The van der Waals surface area contributed by atoms with Crippen molar-refractivity contribution in [2.24, 2.45) is 0 Å². The molecule has 3 amide bonds. The highest BCUT2D eigenvalue weighted by Crippen LogP contribution is 2.36. The molecule has 2 aliphatic rings. The molecule has 1 heterocycles. The van der Waals surface area contributed by atoms with Crippen molar-refractivity contribution in [3.8, 4) is 0 Å². The lowest BCUT2D eigenvalue weighted by atomic mass is 9.98. The maximum absolute atomic E-state index is 12.5. The second-order valence-electron chi connectivity index (χ2n) is 5.67. The van der Waals surface area contributed by atoms with Gasteiger partial charge >= 0.3 is 6.03 Å². The van der Waals surface area contributed by atoms with Crippen LogP contribution in [0.5, 0.6) is 0 Å². The zero-order chi connectivity index (χ0) is 15.0. The molecule has 5 nitrogen and oxygen atoms in total. The number of aliphatic hydroxyl groups is 1. The van der Waals surface area contributed by atoms with Crippen LogP contribution in [0.4, 0.5) is 4.79 Å². The van der Waals surface area contributed by atoms with Crippen LogP contribution in [0.2, 0.25) is 5.02 Å². The van der Waals surface area contributed by atoms with Crippen molar-refractivity contribution < 1.29 is 14.7 Å². The van der Waals surface area contributed by atoms with E-state index >= 15 is 0 Å². The number of hydrogen-bond acceptors (Lipinski definition) is 3. The summed E-state index contributed by atoms with van der Waals surface area (Å²) in [4.78, 5) is 25.6. The van der Waals surface area contributed by atoms with E-state index in [0.29, 0.717) is 23.4 Å². The van der Waals surface area contributed by atoms with E-state index < -0.39 is 17.7 Å². The van der Waals surface area contributed by atoms with E-state index in [2.05, 4.69) is 5.32 Å². The summed E-state index contributed by atoms with van der Waals surface area (Å²) in [5.41, 5.74) is -0.218. The number of carbonyl (C=O) groups is 2. The van der Waals surface area contributed by atoms with Gasteiger partial charge in [0.15, 0.2) is 0 Å². The van der Waals surface area contributed by atoms with Crippen LogP contribution in [0.1, 0.15) is 37.4 Å². The Morgan fingerprint density at radius 3 is 2.62 bits per heavy atom.